The van der Waals surface area contributed by atoms with Gasteiger partial charge in [0.05, 0.1) is 6.54 Å². The van der Waals surface area contributed by atoms with Crippen LogP contribution in [0.3, 0.4) is 0 Å². The average Bonchev–Trinajstić information content (AvgIpc) is 3.57. The van der Waals surface area contributed by atoms with Crippen LogP contribution in [0.4, 0.5) is 0 Å². The third kappa shape index (κ3) is 25.2. The van der Waals surface area contributed by atoms with Crippen LogP contribution in [0.5, 0.6) is 0 Å². The Hall–Kier alpha value is -1.06. The molecule has 2 N–H and O–H groups in total. The molecule has 0 saturated carbocycles. The number of rotatable bonds is 34. The number of amides is 1. The third-order valence-electron chi connectivity index (χ3n) is 9.95. The molecule has 0 aromatic heterocycles. The van der Waals surface area contributed by atoms with Gasteiger partial charge in [0, 0.05) is 24.9 Å². The Morgan fingerprint density at radius 3 is 1.32 bits per heavy atom. The maximum absolute atomic E-state index is 12.9. The number of nitrogens with zero attached hydrogens (tertiary/aromatic N) is 1. The third-order valence-corrected chi connectivity index (χ3v) is 9.95. The molecule has 0 fully saturated rings. The molecular weight excluding hydrogens is 538 g/mol. The number of amidine groups is 1. The monoisotopic (exact) mass is 618 g/mol. The van der Waals surface area contributed by atoms with Gasteiger partial charge in [-0.1, -0.05) is 201 Å². The number of hydrogen-bond donors (Lipinski definition) is 2. The second kappa shape index (κ2) is 31.9. The zero-order valence-electron chi connectivity index (χ0n) is 30.3. The lowest BCUT2D eigenvalue weighted by atomic mass is 9.97. The number of hydrogen-bond acceptors (Lipinski definition) is 3. The van der Waals surface area contributed by atoms with Crippen molar-refractivity contribution in [1.29, 1.82) is 0 Å². The SMILES string of the molecule is CCCCCCCCCCCCCCCCCC(CNC(=O)C(C)CCCCCCCCCCCCCCC)C1=NCCN1. The highest BCUT2D eigenvalue weighted by Crippen LogP contribution is 2.18. The normalized spacial score (nSPS) is 14.4. The molecule has 0 aromatic carbocycles. The Bertz CT molecular complexity index is 649. The molecule has 1 rings (SSSR count). The molecule has 4 heteroatoms. The van der Waals surface area contributed by atoms with Crippen molar-refractivity contribution in [2.24, 2.45) is 16.8 Å². The van der Waals surface area contributed by atoms with Crippen molar-refractivity contribution in [2.45, 2.75) is 213 Å². The predicted octanol–water partition coefficient (Wildman–Crippen LogP) is 12.1. The molecule has 0 saturated heterocycles. The first kappa shape index (κ1) is 41.0. The van der Waals surface area contributed by atoms with E-state index in [2.05, 4.69) is 31.4 Å². The first-order valence-electron chi connectivity index (χ1n) is 20.2. The van der Waals surface area contributed by atoms with Crippen molar-refractivity contribution in [3.05, 3.63) is 0 Å². The second-order valence-corrected chi connectivity index (χ2v) is 14.3. The molecule has 0 bridgehead atoms. The van der Waals surface area contributed by atoms with Crippen LogP contribution in [0.15, 0.2) is 4.99 Å². The fourth-order valence-corrected chi connectivity index (χ4v) is 6.78. The van der Waals surface area contributed by atoms with Crippen LogP contribution < -0.4 is 10.6 Å². The minimum atomic E-state index is 0.118. The van der Waals surface area contributed by atoms with Crippen LogP contribution in [0, 0.1) is 11.8 Å². The van der Waals surface area contributed by atoms with Crippen molar-refractivity contribution < 1.29 is 4.79 Å². The molecule has 0 aliphatic carbocycles. The Kier molecular flexibility index (Phi) is 29.7. The van der Waals surface area contributed by atoms with Gasteiger partial charge < -0.3 is 10.6 Å². The minimum absolute atomic E-state index is 0.118. The van der Waals surface area contributed by atoms with E-state index >= 15 is 0 Å². The smallest absolute Gasteiger partial charge is 0.222 e. The number of carbonyl (C=O) groups is 1. The van der Waals surface area contributed by atoms with Gasteiger partial charge in [0.25, 0.3) is 0 Å². The predicted molar refractivity (Wildman–Crippen MR) is 196 cm³/mol. The summed E-state index contributed by atoms with van der Waals surface area (Å²) < 4.78 is 0. The summed E-state index contributed by atoms with van der Waals surface area (Å²) in [5, 5.41) is 6.79. The van der Waals surface area contributed by atoms with Gasteiger partial charge >= 0.3 is 0 Å². The average molecular weight is 618 g/mol. The van der Waals surface area contributed by atoms with Crippen LogP contribution in [0.2, 0.25) is 0 Å². The van der Waals surface area contributed by atoms with Gasteiger partial charge in [-0.25, -0.2) is 0 Å². The maximum atomic E-state index is 12.9. The second-order valence-electron chi connectivity index (χ2n) is 14.3. The van der Waals surface area contributed by atoms with Gasteiger partial charge in [0.15, 0.2) is 0 Å². The van der Waals surface area contributed by atoms with Gasteiger partial charge in [0.2, 0.25) is 5.91 Å². The zero-order valence-corrected chi connectivity index (χ0v) is 30.3. The molecule has 0 radical (unpaired) electrons. The number of unbranched alkanes of at least 4 members (excludes halogenated alkanes) is 26. The van der Waals surface area contributed by atoms with E-state index in [0.29, 0.717) is 5.92 Å². The van der Waals surface area contributed by atoms with Crippen molar-refractivity contribution in [3.63, 3.8) is 0 Å². The van der Waals surface area contributed by atoms with Crippen molar-refractivity contribution in [1.82, 2.24) is 10.6 Å². The molecule has 0 aromatic rings. The first-order valence-corrected chi connectivity index (χ1v) is 20.2. The molecule has 260 valence electrons. The fourth-order valence-electron chi connectivity index (χ4n) is 6.78. The van der Waals surface area contributed by atoms with Gasteiger partial charge in [-0.2, -0.15) is 0 Å². The summed E-state index contributed by atoms with van der Waals surface area (Å²) in [6.07, 6.45) is 41.0. The number of nitrogens with one attached hydrogen (secondary N) is 2. The molecule has 1 aliphatic rings. The molecule has 1 amide bonds. The first-order chi connectivity index (χ1) is 21.7. The van der Waals surface area contributed by atoms with Gasteiger partial charge in [-0.05, 0) is 12.8 Å². The summed E-state index contributed by atoms with van der Waals surface area (Å²) in [5.74, 6) is 1.85. The van der Waals surface area contributed by atoms with E-state index in [-0.39, 0.29) is 11.8 Å². The molecule has 1 heterocycles. The molecule has 2 unspecified atom stereocenters. The summed E-state index contributed by atoms with van der Waals surface area (Å²) in [4.78, 5) is 17.6. The Labute approximate surface area is 276 Å². The highest BCUT2D eigenvalue weighted by atomic mass is 16.1. The van der Waals surface area contributed by atoms with E-state index in [9.17, 15) is 4.79 Å². The fraction of sp³-hybridized carbons (Fsp3) is 0.950. The molecule has 2 atom stereocenters. The van der Waals surface area contributed by atoms with E-state index in [1.165, 1.54) is 180 Å². The topological polar surface area (TPSA) is 53.5 Å². The van der Waals surface area contributed by atoms with Gasteiger partial charge in [-0.3, -0.25) is 9.79 Å². The van der Waals surface area contributed by atoms with Crippen LogP contribution in [-0.2, 0) is 4.79 Å². The lowest BCUT2D eigenvalue weighted by molar-refractivity contribution is -0.124. The largest absolute Gasteiger partial charge is 0.372 e. The molecule has 1 aliphatic heterocycles. The Balaban J connectivity index is 2.03. The van der Waals surface area contributed by atoms with Crippen LogP contribution in [0.25, 0.3) is 0 Å². The Morgan fingerprint density at radius 1 is 0.591 bits per heavy atom. The van der Waals surface area contributed by atoms with Crippen LogP contribution >= 0.6 is 0 Å². The zero-order chi connectivity index (χ0) is 31.8. The molecule has 4 nitrogen and oxygen atoms in total. The lowest BCUT2D eigenvalue weighted by Crippen LogP contribution is -2.39. The molecule has 0 spiro atoms. The van der Waals surface area contributed by atoms with E-state index in [0.717, 1.165) is 38.3 Å². The highest BCUT2D eigenvalue weighted by Gasteiger charge is 2.21. The summed E-state index contributed by atoms with van der Waals surface area (Å²) in [6.45, 7) is 9.28. The van der Waals surface area contributed by atoms with Crippen LogP contribution in [-0.4, -0.2) is 31.4 Å². The van der Waals surface area contributed by atoms with Crippen molar-refractivity contribution in [3.8, 4) is 0 Å². The summed E-state index contributed by atoms with van der Waals surface area (Å²) in [6, 6.07) is 0. The van der Waals surface area contributed by atoms with Gasteiger partial charge in [-0.15, -0.1) is 0 Å². The maximum Gasteiger partial charge on any atom is 0.222 e. The van der Waals surface area contributed by atoms with Crippen LogP contribution in [0.1, 0.15) is 213 Å². The quantitative estimate of drug-likeness (QED) is 0.0706. The van der Waals surface area contributed by atoms with Crippen molar-refractivity contribution in [2.75, 3.05) is 19.6 Å². The van der Waals surface area contributed by atoms with Crippen molar-refractivity contribution >= 4 is 11.7 Å². The lowest BCUT2D eigenvalue weighted by Gasteiger charge is -2.20. The molecular formula is C40H79N3O. The van der Waals surface area contributed by atoms with Gasteiger partial charge in [0.1, 0.15) is 5.84 Å². The summed E-state index contributed by atoms with van der Waals surface area (Å²) in [5.41, 5.74) is 0. The van der Waals surface area contributed by atoms with E-state index in [4.69, 9.17) is 4.99 Å². The summed E-state index contributed by atoms with van der Waals surface area (Å²) in [7, 11) is 0. The number of carbonyl (C=O) groups excluding carboxylic acids is 1. The molecule has 44 heavy (non-hydrogen) atoms. The standard InChI is InChI=1S/C40H79N3O/c1-4-6-8-10-12-14-16-18-19-21-23-25-27-29-31-33-38(39-41-34-35-42-39)36-43-40(44)37(3)32-30-28-26-24-22-20-17-15-13-11-9-7-5-2/h37-38H,4-36H2,1-3H3,(H,41,42)(H,43,44). The minimum Gasteiger partial charge on any atom is -0.372 e. The van der Waals surface area contributed by atoms with E-state index < -0.39 is 0 Å². The highest BCUT2D eigenvalue weighted by molar-refractivity contribution is 5.87. The Morgan fingerprint density at radius 2 is 0.955 bits per heavy atom. The summed E-state index contributed by atoms with van der Waals surface area (Å²) >= 11 is 0. The van der Waals surface area contributed by atoms with E-state index in [1.807, 2.05) is 0 Å². The number of aliphatic imine (C=N–C) groups is 1. The van der Waals surface area contributed by atoms with E-state index in [1.54, 1.807) is 0 Å².